The number of carbonyl (C=O) groups excluding carboxylic acids is 1. The highest BCUT2D eigenvalue weighted by Crippen LogP contribution is 2.32. The average Bonchev–Trinajstić information content (AvgIpc) is 2.24. The van der Waals surface area contributed by atoms with E-state index in [-0.39, 0.29) is 17.0 Å². The van der Waals surface area contributed by atoms with Crippen LogP contribution in [-0.4, -0.2) is 15.9 Å². The van der Waals surface area contributed by atoms with Gasteiger partial charge in [-0.3, -0.25) is 14.9 Å². The molecule has 6 heteroatoms. The lowest BCUT2D eigenvalue weighted by molar-refractivity contribution is -0.385. The number of nitro benzene ring substituents is 1. The summed E-state index contributed by atoms with van der Waals surface area (Å²) in [5, 5.41) is 20.6. The quantitative estimate of drug-likeness (QED) is 0.470. The summed E-state index contributed by atoms with van der Waals surface area (Å²) in [5.41, 5.74) is 5.80. The van der Waals surface area contributed by atoms with Gasteiger partial charge in [-0.15, -0.1) is 0 Å². The second-order valence-corrected chi connectivity index (χ2v) is 3.58. The standard InChI is InChI=1S/C11H12N2O4/c1-6-7(2)11(15)8(3-4-10(12)14)5-9(6)13(16)17/h3-5,15H,1-2H3,(H2,12,14)/b4-3-. The summed E-state index contributed by atoms with van der Waals surface area (Å²) in [7, 11) is 0. The van der Waals surface area contributed by atoms with Gasteiger partial charge in [-0.25, -0.2) is 0 Å². The number of primary amides is 1. The molecule has 6 nitrogen and oxygen atoms in total. The maximum atomic E-state index is 10.8. The Morgan fingerprint density at radius 1 is 1.47 bits per heavy atom. The molecular weight excluding hydrogens is 224 g/mol. The summed E-state index contributed by atoms with van der Waals surface area (Å²) in [6, 6.07) is 1.21. The van der Waals surface area contributed by atoms with Crippen LogP contribution in [-0.2, 0) is 4.79 Å². The average molecular weight is 236 g/mol. The first-order valence-electron chi connectivity index (χ1n) is 4.79. The van der Waals surface area contributed by atoms with E-state index < -0.39 is 10.8 Å². The van der Waals surface area contributed by atoms with E-state index in [2.05, 4.69) is 0 Å². The molecule has 0 fully saturated rings. The van der Waals surface area contributed by atoms with Gasteiger partial charge < -0.3 is 10.8 Å². The topological polar surface area (TPSA) is 106 Å². The molecule has 0 heterocycles. The molecule has 0 aliphatic heterocycles. The van der Waals surface area contributed by atoms with Gasteiger partial charge in [0.05, 0.1) is 4.92 Å². The van der Waals surface area contributed by atoms with Gasteiger partial charge in [0.15, 0.2) is 0 Å². The van der Waals surface area contributed by atoms with E-state index in [0.717, 1.165) is 6.08 Å². The number of hydrogen-bond donors (Lipinski definition) is 2. The summed E-state index contributed by atoms with van der Waals surface area (Å²) < 4.78 is 0. The Morgan fingerprint density at radius 3 is 2.53 bits per heavy atom. The Hall–Kier alpha value is -2.37. The molecule has 1 aromatic carbocycles. The van der Waals surface area contributed by atoms with Crippen LogP contribution < -0.4 is 5.73 Å². The van der Waals surface area contributed by atoms with Crippen molar-refractivity contribution in [2.75, 3.05) is 0 Å². The van der Waals surface area contributed by atoms with E-state index in [1.807, 2.05) is 0 Å². The van der Waals surface area contributed by atoms with Crippen molar-refractivity contribution < 1.29 is 14.8 Å². The number of benzene rings is 1. The molecule has 17 heavy (non-hydrogen) atoms. The van der Waals surface area contributed by atoms with Crippen LogP contribution in [0.4, 0.5) is 5.69 Å². The molecule has 0 unspecified atom stereocenters. The number of rotatable bonds is 3. The van der Waals surface area contributed by atoms with Crippen molar-refractivity contribution in [1.29, 1.82) is 0 Å². The highest BCUT2D eigenvalue weighted by atomic mass is 16.6. The van der Waals surface area contributed by atoms with Crippen molar-refractivity contribution in [2.45, 2.75) is 13.8 Å². The third kappa shape index (κ3) is 2.60. The van der Waals surface area contributed by atoms with Crippen LogP contribution in [0, 0.1) is 24.0 Å². The Bertz CT molecular complexity index is 521. The Kier molecular flexibility index (Phi) is 3.47. The van der Waals surface area contributed by atoms with Gasteiger partial charge in [-0.1, -0.05) is 0 Å². The summed E-state index contributed by atoms with van der Waals surface area (Å²) in [4.78, 5) is 20.8. The molecule has 1 aromatic rings. The fourth-order valence-corrected chi connectivity index (χ4v) is 1.40. The third-order valence-electron chi connectivity index (χ3n) is 2.49. The Labute approximate surface area is 97.5 Å². The zero-order chi connectivity index (χ0) is 13.2. The summed E-state index contributed by atoms with van der Waals surface area (Å²) in [6.07, 6.45) is 2.28. The van der Waals surface area contributed by atoms with E-state index in [1.165, 1.54) is 12.1 Å². The van der Waals surface area contributed by atoms with Crippen LogP contribution in [0.3, 0.4) is 0 Å². The lowest BCUT2D eigenvalue weighted by atomic mass is 10.0. The van der Waals surface area contributed by atoms with Gasteiger partial charge in [0.1, 0.15) is 5.75 Å². The molecule has 0 bridgehead atoms. The zero-order valence-electron chi connectivity index (χ0n) is 9.43. The molecular formula is C11H12N2O4. The lowest BCUT2D eigenvalue weighted by Gasteiger charge is -2.07. The summed E-state index contributed by atoms with van der Waals surface area (Å²) in [5.74, 6) is -0.782. The van der Waals surface area contributed by atoms with E-state index in [0.29, 0.717) is 11.1 Å². The number of nitrogens with zero attached hydrogens (tertiary/aromatic N) is 1. The van der Waals surface area contributed by atoms with Crippen molar-refractivity contribution in [3.05, 3.63) is 38.9 Å². The van der Waals surface area contributed by atoms with E-state index >= 15 is 0 Å². The molecule has 0 aliphatic rings. The molecule has 1 amide bonds. The Morgan fingerprint density at radius 2 is 2.06 bits per heavy atom. The second-order valence-electron chi connectivity index (χ2n) is 3.58. The van der Waals surface area contributed by atoms with Crippen molar-refractivity contribution in [3.8, 4) is 5.75 Å². The molecule has 3 N–H and O–H groups in total. The van der Waals surface area contributed by atoms with Gasteiger partial charge >= 0.3 is 0 Å². The van der Waals surface area contributed by atoms with Crippen LogP contribution in [0.1, 0.15) is 16.7 Å². The second kappa shape index (κ2) is 4.65. The van der Waals surface area contributed by atoms with Crippen molar-refractivity contribution in [1.82, 2.24) is 0 Å². The number of phenols is 1. The molecule has 0 radical (unpaired) electrons. The minimum absolute atomic E-state index is 0.0920. The maximum absolute atomic E-state index is 10.8. The highest BCUT2D eigenvalue weighted by molar-refractivity contribution is 5.91. The number of aromatic hydroxyl groups is 1. The largest absolute Gasteiger partial charge is 0.507 e. The zero-order valence-corrected chi connectivity index (χ0v) is 9.43. The summed E-state index contributed by atoms with van der Waals surface area (Å²) in [6.45, 7) is 3.12. The number of hydrogen-bond acceptors (Lipinski definition) is 4. The van der Waals surface area contributed by atoms with Crippen molar-refractivity contribution in [2.24, 2.45) is 5.73 Å². The molecule has 0 spiro atoms. The maximum Gasteiger partial charge on any atom is 0.273 e. The van der Waals surface area contributed by atoms with Crippen LogP contribution in [0.2, 0.25) is 0 Å². The van der Waals surface area contributed by atoms with Gasteiger partial charge in [0, 0.05) is 28.8 Å². The molecule has 0 aliphatic carbocycles. The van der Waals surface area contributed by atoms with Gasteiger partial charge in [0.25, 0.3) is 5.69 Å². The molecule has 1 rings (SSSR count). The number of nitro groups is 1. The van der Waals surface area contributed by atoms with Gasteiger partial charge in [-0.2, -0.15) is 0 Å². The molecule has 0 atom stereocenters. The monoisotopic (exact) mass is 236 g/mol. The molecule has 90 valence electrons. The van der Waals surface area contributed by atoms with Crippen LogP contribution in [0.15, 0.2) is 12.1 Å². The SMILES string of the molecule is Cc1c([N+](=O)[O-])cc(/C=C\C(N)=O)c(O)c1C. The fraction of sp³-hybridized carbons (Fsp3) is 0.182. The van der Waals surface area contributed by atoms with Crippen molar-refractivity contribution >= 4 is 17.7 Å². The number of carbonyl (C=O) groups is 1. The van der Waals surface area contributed by atoms with Gasteiger partial charge in [0.2, 0.25) is 5.91 Å². The predicted molar refractivity (Wildman–Crippen MR) is 62.5 cm³/mol. The smallest absolute Gasteiger partial charge is 0.273 e. The minimum Gasteiger partial charge on any atom is -0.507 e. The lowest BCUT2D eigenvalue weighted by Crippen LogP contribution is -2.05. The number of nitrogens with two attached hydrogens (primary N) is 1. The normalized spacial score (nSPS) is 10.7. The first-order valence-corrected chi connectivity index (χ1v) is 4.79. The van der Waals surface area contributed by atoms with Crippen LogP contribution in [0.25, 0.3) is 6.08 Å². The minimum atomic E-state index is -0.690. The number of phenolic OH excluding ortho intramolecular Hbond substituents is 1. The number of amides is 1. The van der Waals surface area contributed by atoms with Crippen LogP contribution in [0.5, 0.6) is 5.75 Å². The molecule has 0 aromatic heterocycles. The first-order chi connectivity index (χ1) is 7.84. The molecule has 0 saturated carbocycles. The van der Waals surface area contributed by atoms with E-state index in [9.17, 15) is 20.0 Å². The predicted octanol–water partition coefficient (Wildman–Crippen LogP) is 1.42. The fourth-order valence-electron chi connectivity index (χ4n) is 1.40. The summed E-state index contributed by atoms with van der Waals surface area (Å²) >= 11 is 0. The Balaban J connectivity index is 3.42. The first kappa shape index (κ1) is 12.7. The third-order valence-corrected chi connectivity index (χ3v) is 2.49. The van der Waals surface area contributed by atoms with E-state index in [4.69, 9.17) is 5.73 Å². The van der Waals surface area contributed by atoms with E-state index in [1.54, 1.807) is 13.8 Å². The van der Waals surface area contributed by atoms with Crippen molar-refractivity contribution in [3.63, 3.8) is 0 Å². The molecule has 0 saturated heterocycles. The highest BCUT2D eigenvalue weighted by Gasteiger charge is 2.17. The van der Waals surface area contributed by atoms with Gasteiger partial charge in [-0.05, 0) is 19.9 Å². The van der Waals surface area contributed by atoms with Crippen LogP contribution >= 0.6 is 0 Å².